The second-order valence-corrected chi connectivity index (χ2v) is 6.63. The second-order valence-electron chi connectivity index (χ2n) is 4.26. The van der Waals surface area contributed by atoms with E-state index < -0.39 is 10.0 Å². The first-order valence-electron chi connectivity index (χ1n) is 6.94. The topological polar surface area (TPSA) is 73.8 Å². The fourth-order valence-corrected chi connectivity index (χ4v) is 2.28. The summed E-state index contributed by atoms with van der Waals surface area (Å²) >= 11 is 0. The van der Waals surface area contributed by atoms with Crippen molar-refractivity contribution >= 4 is 40.0 Å². The van der Waals surface area contributed by atoms with E-state index in [9.17, 15) is 8.42 Å². The lowest BCUT2D eigenvalue weighted by molar-refractivity contribution is 0.461. The van der Waals surface area contributed by atoms with Gasteiger partial charge >= 0.3 is 0 Å². The number of halogens is 1. The number of sulfonamides is 1. The van der Waals surface area contributed by atoms with Crippen LogP contribution in [0.15, 0.2) is 4.99 Å². The summed E-state index contributed by atoms with van der Waals surface area (Å²) < 4.78 is 24.5. The van der Waals surface area contributed by atoms with Crippen LogP contribution < -0.4 is 10.6 Å². The van der Waals surface area contributed by atoms with Gasteiger partial charge in [0.1, 0.15) is 0 Å². The summed E-state index contributed by atoms with van der Waals surface area (Å²) in [6.45, 7) is 8.60. The third-order valence-corrected chi connectivity index (χ3v) is 4.48. The van der Waals surface area contributed by atoms with Gasteiger partial charge in [0.2, 0.25) is 10.0 Å². The van der Waals surface area contributed by atoms with Crippen LogP contribution >= 0.6 is 24.0 Å². The molecule has 0 radical (unpaired) electrons. The Morgan fingerprint density at radius 1 is 1.20 bits per heavy atom. The van der Waals surface area contributed by atoms with E-state index in [2.05, 4.69) is 22.5 Å². The molecule has 0 rings (SSSR count). The van der Waals surface area contributed by atoms with Gasteiger partial charge < -0.3 is 10.6 Å². The van der Waals surface area contributed by atoms with E-state index in [0.29, 0.717) is 13.1 Å². The molecule has 0 aromatic rings. The van der Waals surface area contributed by atoms with Crippen molar-refractivity contribution in [3.8, 4) is 0 Å². The van der Waals surface area contributed by atoms with Gasteiger partial charge in [-0.05, 0) is 26.7 Å². The zero-order chi connectivity index (χ0) is 14.7. The lowest BCUT2D eigenvalue weighted by atomic mass is 10.4. The van der Waals surface area contributed by atoms with Crippen LogP contribution in [0.1, 0.15) is 33.6 Å². The number of hydrogen-bond donors (Lipinski definition) is 2. The summed E-state index contributed by atoms with van der Waals surface area (Å²) in [6, 6.07) is 0. The third-order valence-electron chi connectivity index (χ3n) is 2.62. The highest BCUT2D eigenvalue weighted by Gasteiger charge is 2.13. The Labute approximate surface area is 140 Å². The van der Waals surface area contributed by atoms with Crippen molar-refractivity contribution in [2.45, 2.75) is 33.6 Å². The van der Waals surface area contributed by atoms with Gasteiger partial charge in [0.25, 0.3) is 0 Å². The van der Waals surface area contributed by atoms with Crippen LogP contribution in [-0.2, 0) is 10.0 Å². The maximum atomic E-state index is 11.5. The van der Waals surface area contributed by atoms with Crippen LogP contribution in [0, 0.1) is 0 Å². The quantitative estimate of drug-likeness (QED) is 0.255. The van der Waals surface area contributed by atoms with Crippen molar-refractivity contribution in [3.05, 3.63) is 0 Å². The molecule has 8 heteroatoms. The van der Waals surface area contributed by atoms with Crippen LogP contribution in [0.4, 0.5) is 0 Å². The Balaban J connectivity index is 0. The third kappa shape index (κ3) is 9.76. The SMILES string of the molecule is CCCN=C(NCC)NCCCN(C)S(=O)(=O)CC.I. The molecule has 2 N–H and O–H groups in total. The lowest BCUT2D eigenvalue weighted by Gasteiger charge is -2.16. The van der Waals surface area contributed by atoms with Crippen LogP contribution in [0.2, 0.25) is 0 Å². The molecule has 0 unspecified atom stereocenters. The molecular formula is C12H29IN4O2S. The molecule has 0 aromatic carbocycles. The van der Waals surface area contributed by atoms with Crippen molar-refractivity contribution < 1.29 is 8.42 Å². The Bertz CT molecular complexity index is 360. The normalized spacial score (nSPS) is 12.2. The zero-order valence-electron chi connectivity index (χ0n) is 13.0. The van der Waals surface area contributed by atoms with E-state index in [1.807, 2.05) is 6.92 Å². The average Bonchev–Trinajstić information content (AvgIpc) is 2.40. The molecule has 0 aliphatic heterocycles. The number of guanidine groups is 1. The van der Waals surface area contributed by atoms with E-state index in [1.165, 1.54) is 4.31 Å². The summed E-state index contributed by atoms with van der Waals surface area (Å²) in [4.78, 5) is 4.38. The van der Waals surface area contributed by atoms with Gasteiger partial charge in [-0.25, -0.2) is 12.7 Å². The Morgan fingerprint density at radius 2 is 1.85 bits per heavy atom. The molecule has 0 heterocycles. The minimum atomic E-state index is -3.06. The van der Waals surface area contributed by atoms with Gasteiger partial charge in [-0.1, -0.05) is 6.92 Å². The van der Waals surface area contributed by atoms with Gasteiger partial charge in [-0.3, -0.25) is 4.99 Å². The lowest BCUT2D eigenvalue weighted by Crippen LogP contribution is -2.39. The van der Waals surface area contributed by atoms with E-state index in [-0.39, 0.29) is 29.7 Å². The maximum Gasteiger partial charge on any atom is 0.213 e. The van der Waals surface area contributed by atoms with Crippen molar-refractivity contribution in [1.82, 2.24) is 14.9 Å². The van der Waals surface area contributed by atoms with Gasteiger partial charge in [0, 0.05) is 33.2 Å². The zero-order valence-corrected chi connectivity index (χ0v) is 16.1. The standard InChI is InChI=1S/C12H28N4O2S.HI/c1-5-9-14-12(13-6-2)15-10-8-11-16(4)19(17,18)7-3;/h5-11H2,1-4H3,(H2,13,14,15);1H. The first-order valence-corrected chi connectivity index (χ1v) is 8.55. The molecule has 0 atom stereocenters. The number of hydrogen-bond acceptors (Lipinski definition) is 3. The van der Waals surface area contributed by atoms with Crippen molar-refractivity contribution in [3.63, 3.8) is 0 Å². The molecule has 0 spiro atoms. The molecule has 0 saturated carbocycles. The predicted molar refractivity (Wildman–Crippen MR) is 96.4 cm³/mol. The van der Waals surface area contributed by atoms with Crippen LogP contribution in [-0.4, -0.2) is 57.7 Å². The molecule has 122 valence electrons. The number of nitrogens with one attached hydrogen (secondary N) is 2. The average molecular weight is 420 g/mol. The van der Waals surface area contributed by atoms with Gasteiger partial charge in [-0.15, -0.1) is 24.0 Å². The highest BCUT2D eigenvalue weighted by atomic mass is 127. The fourth-order valence-electron chi connectivity index (χ4n) is 1.43. The van der Waals surface area contributed by atoms with Gasteiger partial charge in [-0.2, -0.15) is 0 Å². The van der Waals surface area contributed by atoms with Crippen molar-refractivity contribution in [1.29, 1.82) is 0 Å². The van der Waals surface area contributed by atoms with Crippen LogP contribution in [0.3, 0.4) is 0 Å². The summed E-state index contributed by atoms with van der Waals surface area (Å²) in [6.07, 6.45) is 1.76. The highest BCUT2D eigenvalue weighted by molar-refractivity contribution is 14.0. The van der Waals surface area contributed by atoms with E-state index in [4.69, 9.17) is 0 Å². The highest BCUT2D eigenvalue weighted by Crippen LogP contribution is 1.98. The van der Waals surface area contributed by atoms with E-state index >= 15 is 0 Å². The minimum Gasteiger partial charge on any atom is -0.357 e. The molecule has 0 aliphatic rings. The molecule has 0 aromatic heterocycles. The Hall–Kier alpha value is -0.0900. The van der Waals surface area contributed by atoms with Crippen LogP contribution in [0.5, 0.6) is 0 Å². The van der Waals surface area contributed by atoms with Crippen molar-refractivity contribution in [2.75, 3.05) is 39.0 Å². The maximum absolute atomic E-state index is 11.5. The number of aliphatic imine (C=N–C) groups is 1. The molecule has 0 amide bonds. The molecule has 20 heavy (non-hydrogen) atoms. The fraction of sp³-hybridized carbons (Fsp3) is 0.917. The molecular weight excluding hydrogens is 391 g/mol. The number of nitrogens with zero attached hydrogens (tertiary/aromatic N) is 2. The monoisotopic (exact) mass is 420 g/mol. The largest absolute Gasteiger partial charge is 0.357 e. The molecule has 0 fully saturated rings. The molecule has 6 nitrogen and oxygen atoms in total. The van der Waals surface area contributed by atoms with Crippen LogP contribution in [0.25, 0.3) is 0 Å². The van der Waals surface area contributed by atoms with Crippen molar-refractivity contribution in [2.24, 2.45) is 4.99 Å². The van der Waals surface area contributed by atoms with E-state index in [1.54, 1.807) is 14.0 Å². The second kappa shape index (κ2) is 12.6. The first kappa shape index (κ1) is 22.2. The van der Waals surface area contributed by atoms with Gasteiger partial charge in [0.05, 0.1) is 5.75 Å². The Morgan fingerprint density at radius 3 is 2.35 bits per heavy atom. The first-order chi connectivity index (χ1) is 8.97. The summed E-state index contributed by atoms with van der Waals surface area (Å²) in [5, 5.41) is 6.35. The Kier molecular flexibility index (Phi) is 14.0. The summed E-state index contributed by atoms with van der Waals surface area (Å²) in [7, 11) is -1.44. The van der Waals surface area contributed by atoms with E-state index in [0.717, 1.165) is 31.9 Å². The van der Waals surface area contributed by atoms with Gasteiger partial charge in [0.15, 0.2) is 5.96 Å². The molecule has 0 bridgehead atoms. The summed E-state index contributed by atoms with van der Waals surface area (Å²) in [5.41, 5.74) is 0. The minimum absolute atomic E-state index is 0. The number of rotatable bonds is 9. The smallest absolute Gasteiger partial charge is 0.213 e. The molecule has 0 aliphatic carbocycles. The summed E-state index contributed by atoms with van der Waals surface area (Å²) in [5.74, 6) is 0.947. The predicted octanol–water partition coefficient (Wildman–Crippen LogP) is 1.24. The molecule has 0 saturated heterocycles.